The monoisotopic (exact) mass is 210 g/mol. The minimum absolute atomic E-state index is 0.696. The van der Waals surface area contributed by atoms with E-state index in [1.807, 2.05) is 37.3 Å². The molecule has 3 aromatic rings. The summed E-state index contributed by atoms with van der Waals surface area (Å²) in [5.74, 6) is 1.50. The van der Waals surface area contributed by atoms with Gasteiger partial charge in [-0.25, -0.2) is 4.98 Å². The highest BCUT2D eigenvalue weighted by molar-refractivity contribution is 5.91. The Morgan fingerprint density at radius 1 is 1.12 bits per heavy atom. The summed E-state index contributed by atoms with van der Waals surface area (Å²) < 4.78 is 0. The maximum atomic E-state index is 4.37. The standard InChI is InChI=1S/C12H10N4/c1-8-14-12(16-15-8)10-6-2-4-9-5-3-7-13-11(9)10/h2-7H,1H3,(H,14,15,16). The van der Waals surface area contributed by atoms with E-state index >= 15 is 0 Å². The largest absolute Gasteiger partial charge is 0.263 e. The molecule has 1 aromatic carbocycles. The molecule has 16 heavy (non-hydrogen) atoms. The smallest absolute Gasteiger partial charge is 0.183 e. The van der Waals surface area contributed by atoms with Crippen LogP contribution in [0.4, 0.5) is 0 Å². The molecule has 4 heteroatoms. The van der Waals surface area contributed by atoms with E-state index in [2.05, 4.69) is 20.2 Å². The van der Waals surface area contributed by atoms with Crippen molar-refractivity contribution in [3.63, 3.8) is 0 Å². The predicted octanol–water partition coefficient (Wildman–Crippen LogP) is 2.33. The number of H-pyrrole nitrogens is 1. The molecule has 0 aliphatic heterocycles. The molecule has 0 bridgehead atoms. The number of aromatic nitrogens is 4. The molecule has 0 radical (unpaired) electrons. The van der Waals surface area contributed by atoms with Crippen LogP contribution in [0.3, 0.4) is 0 Å². The van der Waals surface area contributed by atoms with Crippen LogP contribution in [0.5, 0.6) is 0 Å². The zero-order chi connectivity index (χ0) is 11.0. The second kappa shape index (κ2) is 3.41. The lowest BCUT2D eigenvalue weighted by Crippen LogP contribution is -1.86. The van der Waals surface area contributed by atoms with E-state index in [-0.39, 0.29) is 0 Å². The number of hydrogen-bond donors (Lipinski definition) is 1. The van der Waals surface area contributed by atoms with Gasteiger partial charge in [0.25, 0.3) is 0 Å². The van der Waals surface area contributed by atoms with Gasteiger partial charge in [0.1, 0.15) is 5.82 Å². The molecule has 3 rings (SSSR count). The number of fused-ring (bicyclic) bond motifs is 1. The highest BCUT2D eigenvalue weighted by Crippen LogP contribution is 2.23. The van der Waals surface area contributed by atoms with Crippen molar-refractivity contribution in [2.24, 2.45) is 0 Å². The highest BCUT2D eigenvalue weighted by atomic mass is 15.2. The Morgan fingerprint density at radius 2 is 2.00 bits per heavy atom. The number of aryl methyl sites for hydroxylation is 1. The Bertz CT molecular complexity index is 637. The molecule has 0 aliphatic carbocycles. The maximum absolute atomic E-state index is 4.37. The molecule has 0 unspecified atom stereocenters. The van der Waals surface area contributed by atoms with E-state index in [1.54, 1.807) is 6.20 Å². The van der Waals surface area contributed by atoms with Gasteiger partial charge in [-0.3, -0.25) is 10.1 Å². The van der Waals surface area contributed by atoms with Crippen LogP contribution in [0, 0.1) is 6.92 Å². The molecule has 1 N–H and O–H groups in total. The Hall–Kier alpha value is -2.23. The van der Waals surface area contributed by atoms with Gasteiger partial charge in [-0.15, -0.1) is 0 Å². The van der Waals surface area contributed by atoms with Gasteiger partial charge >= 0.3 is 0 Å². The summed E-state index contributed by atoms with van der Waals surface area (Å²) in [5.41, 5.74) is 1.89. The second-order valence-corrected chi connectivity index (χ2v) is 3.63. The van der Waals surface area contributed by atoms with Crippen LogP contribution in [-0.4, -0.2) is 20.2 Å². The fraction of sp³-hybridized carbons (Fsp3) is 0.0833. The van der Waals surface area contributed by atoms with Gasteiger partial charge in [-0.2, -0.15) is 5.10 Å². The summed E-state index contributed by atoms with van der Waals surface area (Å²) >= 11 is 0. The number of rotatable bonds is 1. The first-order chi connectivity index (χ1) is 7.84. The van der Waals surface area contributed by atoms with E-state index in [4.69, 9.17) is 0 Å². The van der Waals surface area contributed by atoms with Gasteiger partial charge < -0.3 is 0 Å². The first kappa shape index (κ1) is 9.03. The van der Waals surface area contributed by atoms with Crippen LogP contribution in [0.25, 0.3) is 22.3 Å². The molecule has 4 nitrogen and oxygen atoms in total. The fourth-order valence-electron chi connectivity index (χ4n) is 1.75. The summed E-state index contributed by atoms with van der Waals surface area (Å²) in [6, 6.07) is 9.97. The van der Waals surface area contributed by atoms with E-state index in [1.165, 1.54) is 0 Å². The van der Waals surface area contributed by atoms with Crippen LogP contribution in [-0.2, 0) is 0 Å². The maximum Gasteiger partial charge on any atom is 0.183 e. The van der Waals surface area contributed by atoms with Gasteiger partial charge in [0.2, 0.25) is 0 Å². The van der Waals surface area contributed by atoms with Crippen molar-refractivity contribution in [2.45, 2.75) is 6.92 Å². The molecule has 2 aromatic heterocycles. The third-order valence-corrected chi connectivity index (χ3v) is 2.47. The zero-order valence-electron chi connectivity index (χ0n) is 8.81. The van der Waals surface area contributed by atoms with Crippen molar-refractivity contribution in [3.05, 3.63) is 42.4 Å². The fourth-order valence-corrected chi connectivity index (χ4v) is 1.75. The molecule has 2 heterocycles. The van der Waals surface area contributed by atoms with Crippen LogP contribution in [0.15, 0.2) is 36.5 Å². The van der Waals surface area contributed by atoms with Gasteiger partial charge in [-0.05, 0) is 19.1 Å². The van der Waals surface area contributed by atoms with Gasteiger partial charge in [0, 0.05) is 17.1 Å². The first-order valence-electron chi connectivity index (χ1n) is 5.08. The quantitative estimate of drug-likeness (QED) is 0.670. The number of para-hydroxylation sites is 1. The Labute approximate surface area is 92.4 Å². The van der Waals surface area contributed by atoms with Crippen molar-refractivity contribution in [3.8, 4) is 11.4 Å². The molecule has 0 amide bonds. The van der Waals surface area contributed by atoms with E-state index < -0.39 is 0 Å². The highest BCUT2D eigenvalue weighted by Gasteiger charge is 2.08. The molecule has 0 saturated heterocycles. The molecule has 78 valence electrons. The topological polar surface area (TPSA) is 54.5 Å². The van der Waals surface area contributed by atoms with Crippen molar-refractivity contribution < 1.29 is 0 Å². The van der Waals surface area contributed by atoms with Crippen molar-refractivity contribution >= 4 is 10.9 Å². The van der Waals surface area contributed by atoms with Crippen LogP contribution >= 0.6 is 0 Å². The first-order valence-corrected chi connectivity index (χ1v) is 5.08. The predicted molar refractivity (Wildman–Crippen MR) is 61.9 cm³/mol. The van der Waals surface area contributed by atoms with Crippen molar-refractivity contribution in [1.29, 1.82) is 0 Å². The third-order valence-electron chi connectivity index (χ3n) is 2.47. The summed E-state index contributed by atoms with van der Waals surface area (Å²) in [6.07, 6.45) is 1.78. The van der Waals surface area contributed by atoms with Crippen molar-refractivity contribution in [1.82, 2.24) is 20.2 Å². The lowest BCUT2D eigenvalue weighted by molar-refractivity contribution is 1.04. The minimum atomic E-state index is 0.696. The summed E-state index contributed by atoms with van der Waals surface area (Å²) in [4.78, 5) is 8.70. The Morgan fingerprint density at radius 3 is 2.81 bits per heavy atom. The molecule has 0 aliphatic rings. The number of aromatic amines is 1. The molecular formula is C12H10N4. The number of benzene rings is 1. The van der Waals surface area contributed by atoms with Crippen LogP contribution in [0.2, 0.25) is 0 Å². The van der Waals surface area contributed by atoms with E-state index in [9.17, 15) is 0 Å². The molecule has 0 atom stereocenters. The molecular weight excluding hydrogens is 200 g/mol. The molecule has 0 fully saturated rings. The minimum Gasteiger partial charge on any atom is -0.263 e. The number of nitrogens with one attached hydrogen (secondary N) is 1. The van der Waals surface area contributed by atoms with Gasteiger partial charge in [0.05, 0.1) is 5.52 Å². The summed E-state index contributed by atoms with van der Waals surface area (Å²) in [7, 11) is 0. The average molecular weight is 210 g/mol. The SMILES string of the molecule is Cc1nc(-c2cccc3cccnc23)n[nH]1. The normalized spacial score (nSPS) is 10.8. The number of pyridine rings is 1. The Balaban J connectivity index is 2.31. The average Bonchev–Trinajstić information content (AvgIpc) is 2.75. The Kier molecular flexibility index (Phi) is 1.93. The second-order valence-electron chi connectivity index (χ2n) is 3.63. The van der Waals surface area contributed by atoms with Crippen LogP contribution < -0.4 is 0 Å². The van der Waals surface area contributed by atoms with Gasteiger partial charge in [-0.1, -0.05) is 18.2 Å². The molecule has 0 saturated carbocycles. The number of nitrogens with zero attached hydrogens (tertiary/aromatic N) is 3. The summed E-state index contributed by atoms with van der Waals surface area (Å²) in [5, 5.41) is 8.10. The lowest BCUT2D eigenvalue weighted by Gasteiger charge is -2.00. The number of hydrogen-bond acceptors (Lipinski definition) is 3. The zero-order valence-corrected chi connectivity index (χ0v) is 8.81. The van der Waals surface area contributed by atoms with Crippen molar-refractivity contribution in [2.75, 3.05) is 0 Å². The summed E-state index contributed by atoms with van der Waals surface area (Å²) in [6.45, 7) is 1.88. The van der Waals surface area contributed by atoms with E-state index in [0.717, 1.165) is 22.3 Å². The van der Waals surface area contributed by atoms with Crippen LogP contribution in [0.1, 0.15) is 5.82 Å². The van der Waals surface area contributed by atoms with Gasteiger partial charge in [0.15, 0.2) is 5.82 Å². The van der Waals surface area contributed by atoms with E-state index in [0.29, 0.717) is 5.82 Å². The third kappa shape index (κ3) is 1.35. The molecule has 0 spiro atoms. The lowest BCUT2D eigenvalue weighted by atomic mass is 10.1.